The number of halogens is 2. The molecule has 1 saturated heterocycles. The van der Waals surface area contributed by atoms with Crippen molar-refractivity contribution in [2.24, 2.45) is 11.7 Å². The second kappa shape index (κ2) is 12.5. The van der Waals surface area contributed by atoms with E-state index in [1.807, 2.05) is 25.1 Å². The van der Waals surface area contributed by atoms with Crippen LogP contribution in [0.2, 0.25) is 5.02 Å². The van der Waals surface area contributed by atoms with Gasteiger partial charge in [0.15, 0.2) is 0 Å². The highest BCUT2D eigenvalue weighted by Gasteiger charge is 2.41. The number of likely N-dealkylation sites (tertiary alicyclic amines) is 1. The number of carbonyl (C=O) groups is 2. The van der Waals surface area contributed by atoms with Crippen molar-refractivity contribution in [2.75, 3.05) is 23.8 Å². The number of rotatable bonds is 10. The summed E-state index contributed by atoms with van der Waals surface area (Å²) in [6.45, 7) is 2.52. The number of amides is 3. The Hall–Kier alpha value is -3.53. The molecule has 41 heavy (non-hydrogen) atoms. The third kappa shape index (κ3) is 6.86. The Balaban J connectivity index is 1.37. The molecule has 1 unspecified atom stereocenters. The van der Waals surface area contributed by atoms with Gasteiger partial charge < -0.3 is 26.0 Å². The zero-order valence-corrected chi connectivity index (χ0v) is 23.7. The molecule has 4 N–H and O–H groups in total. The first kappa shape index (κ1) is 29.0. The summed E-state index contributed by atoms with van der Waals surface area (Å²) in [6, 6.07) is 15.5. The van der Waals surface area contributed by atoms with Gasteiger partial charge in [0.2, 0.25) is 5.91 Å². The lowest BCUT2D eigenvalue weighted by atomic mass is 9.82. The number of carbonyl (C=O) groups excluding carboxylic acids is 2. The van der Waals surface area contributed by atoms with Crippen LogP contribution in [0.4, 0.5) is 20.6 Å². The molecule has 1 aliphatic heterocycles. The van der Waals surface area contributed by atoms with E-state index in [2.05, 4.69) is 15.6 Å². The molecule has 3 amide bonds. The molecule has 3 aromatic rings. The van der Waals surface area contributed by atoms with Gasteiger partial charge in [-0.05, 0) is 79.8 Å². The van der Waals surface area contributed by atoms with Crippen molar-refractivity contribution in [2.45, 2.75) is 56.7 Å². The zero-order valence-electron chi connectivity index (χ0n) is 23.0. The maximum Gasteiger partial charge on any atom is 0.322 e. The van der Waals surface area contributed by atoms with E-state index in [0.717, 1.165) is 6.42 Å². The van der Waals surface area contributed by atoms with Gasteiger partial charge in [-0.25, -0.2) is 9.18 Å². The molecule has 2 aromatic carbocycles. The fraction of sp³-hybridized carbons (Fsp3) is 0.387. The summed E-state index contributed by atoms with van der Waals surface area (Å²) in [5.41, 5.74) is 7.94. The largest absolute Gasteiger partial charge is 0.377 e. The summed E-state index contributed by atoms with van der Waals surface area (Å²) in [6.07, 6.45) is 5.61. The third-order valence-electron chi connectivity index (χ3n) is 7.83. The Morgan fingerprint density at radius 3 is 2.61 bits per heavy atom. The number of ether oxygens (including phenoxy) is 1. The molecule has 0 spiro atoms. The fourth-order valence-corrected chi connectivity index (χ4v) is 5.48. The summed E-state index contributed by atoms with van der Waals surface area (Å²) < 4.78 is 20.9. The van der Waals surface area contributed by atoms with Crippen LogP contribution in [0.1, 0.15) is 50.3 Å². The van der Waals surface area contributed by atoms with Crippen LogP contribution in [0, 0.1) is 11.7 Å². The fourth-order valence-electron chi connectivity index (χ4n) is 5.36. The highest BCUT2D eigenvalue weighted by atomic mass is 35.5. The molecule has 10 heteroatoms. The van der Waals surface area contributed by atoms with Crippen molar-refractivity contribution in [1.29, 1.82) is 0 Å². The average molecular weight is 580 g/mol. The number of hydrogen-bond donors (Lipinski definition) is 3. The number of benzene rings is 2. The van der Waals surface area contributed by atoms with Crippen LogP contribution in [0.3, 0.4) is 0 Å². The first-order chi connectivity index (χ1) is 19.8. The Morgan fingerprint density at radius 2 is 1.93 bits per heavy atom. The monoisotopic (exact) mass is 579 g/mol. The van der Waals surface area contributed by atoms with Gasteiger partial charge in [-0.15, -0.1) is 0 Å². The number of nitrogens with one attached hydrogen (secondary N) is 2. The van der Waals surface area contributed by atoms with E-state index < -0.39 is 29.3 Å². The minimum Gasteiger partial charge on any atom is -0.377 e. The topological polar surface area (TPSA) is 110 Å². The minimum absolute atomic E-state index is 0.00240. The normalized spacial score (nSPS) is 20.0. The molecule has 5 rings (SSSR count). The van der Waals surface area contributed by atoms with Crippen molar-refractivity contribution < 1.29 is 18.7 Å². The number of hydrogen-bond acceptors (Lipinski definition) is 5. The summed E-state index contributed by atoms with van der Waals surface area (Å²) in [5.74, 6) is -0.455. The summed E-state index contributed by atoms with van der Waals surface area (Å²) in [4.78, 5) is 32.7. The standard InChI is InChI=1S/C31H35ClFN5O3/c1-2-41-24-18-27(38(19-24)30(40)36-23-11-9-22(32)10-12-23)29(39)37-26-17-21(8-13-25(26)33)31(34,15-14-20-6-7-20)28-5-3-4-16-35-28/h3-5,8-13,16-17,20,24,27H,2,6-7,14-15,18-19,34H2,1H3,(H,36,40)(H,37,39)/t24-,27-,31?/m1/s1. The van der Waals surface area contributed by atoms with Gasteiger partial charge >= 0.3 is 6.03 Å². The van der Waals surface area contributed by atoms with Crippen molar-refractivity contribution >= 4 is 34.9 Å². The SMILES string of the molecule is CCO[C@@H]1C[C@H](C(=O)Nc2cc(C(N)(CCC3CC3)c3ccccn3)ccc2F)N(C(=O)Nc2ccc(Cl)cc2)C1. The molecule has 2 aliphatic rings. The van der Waals surface area contributed by atoms with E-state index in [1.54, 1.807) is 42.6 Å². The zero-order chi connectivity index (χ0) is 29.0. The second-order valence-electron chi connectivity index (χ2n) is 10.8. The van der Waals surface area contributed by atoms with E-state index >= 15 is 4.39 Å². The lowest BCUT2D eigenvalue weighted by molar-refractivity contribution is -0.119. The summed E-state index contributed by atoms with van der Waals surface area (Å²) in [7, 11) is 0. The van der Waals surface area contributed by atoms with Gasteiger partial charge in [-0.1, -0.05) is 36.6 Å². The Kier molecular flexibility index (Phi) is 8.87. The summed E-state index contributed by atoms with van der Waals surface area (Å²) >= 11 is 5.96. The molecule has 1 saturated carbocycles. The number of nitrogens with zero attached hydrogens (tertiary/aromatic N) is 2. The highest BCUT2D eigenvalue weighted by molar-refractivity contribution is 6.30. The molecule has 8 nitrogen and oxygen atoms in total. The molecular weight excluding hydrogens is 545 g/mol. The maximum atomic E-state index is 15.1. The third-order valence-corrected chi connectivity index (χ3v) is 8.08. The molecule has 3 atom stereocenters. The smallest absolute Gasteiger partial charge is 0.322 e. The van der Waals surface area contributed by atoms with Crippen molar-refractivity contribution in [3.63, 3.8) is 0 Å². The van der Waals surface area contributed by atoms with Crippen LogP contribution < -0.4 is 16.4 Å². The van der Waals surface area contributed by atoms with E-state index in [1.165, 1.54) is 23.8 Å². The van der Waals surface area contributed by atoms with Gasteiger partial charge in [-0.3, -0.25) is 9.78 Å². The van der Waals surface area contributed by atoms with Gasteiger partial charge in [0.1, 0.15) is 11.9 Å². The number of urea groups is 1. The van der Waals surface area contributed by atoms with Crippen LogP contribution in [-0.4, -0.2) is 47.1 Å². The summed E-state index contributed by atoms with van der Waals surface area (Å²) in [5, 5.41) is 6.07. The molecule has 2 fully saturated rings. The van der Waals surface area contributed by atoms with Gasteiger partial charge in [0, 0.05) is 36.5 Å². The highest BCUT2D eigenvalue weighted by Crippen LogP contribution is 2.40. The van der Waals surface area contributed by atoms with E-state index in [-0.39, 0.29) is 24.8 Å². The van der Waals surface area contributed by atoms with Gasteiger partial charge in [-0.2, -0.15) is 0 Å². The lowest BCUT2D eigenvalue weighted by Crippen LogP contribution is -2.45. The lowest BCUT2D eigenvalue weighted by Gasteiger charge is -2.30. The first-order valence-electron chi connectivity index (χ1n) is 14.0. The van der Waals surface area contributed by atoms with Crippen molar-refractivity contribution in [3.8, 4) is 0 Å². The molecule has 2 heterocycles. The van der Waals surface area contributed by atoms with Crippen LogP contribution in [-0.2, 0) is 15.1 Å². The van der Waals surface area contributed by atoms with Crippen LogP contribution in [0.25, 0.3) is 0 Å². The molecule has 0 radical (unpaired) electrons. The number of aromatic nitrogens is 1. The quantitative estimate of drug-likeness (QED) is 0.276. The first-order valence-corrected chi connectivity index (χ1v) is 14.4. The Labute approximate surface area is 244 Å². The molecule has 0 bridgehead atoms. The van der Waals surface area contributed by atoms with E-state index in [4.69, 9.17) is 22.1 Å². The average Bonchev–Trinajstić information content (AvgIpc) is 3.71. The molecule has 216 valence electrons. The van der Waals surface area contributed by atoms with Crippen LogP contribution >= 0.6 is 11.6 Å². The van der Waals surface area contributed by atoms with Gasteiger partial charge in [0.25, 0.3) is 0 Å². The Bertz CT molecular complexity index is 1370. The molecule has 1 aromatic heterocycles. The molecule has 1 aliphatic carbocycles. The maximum absolute atomic E-state index is 15.1. The van der Waals surface area contributed by atoms with Gasteiger partial charge in [0.05, 0.1) is 23.0 Å². The van der Waals surface area contributed by atoms with E-state index in [0.29, 0.717) is 40.9 Å². The van der Waals surface area contributed by atoms with Crippen molar-refractivity contribution in [3.05, 3.63) is 89.0 Å². The second-order valence-corrected chi connectivity index (χ2v) is 11.2. The number of nitrogens with two attached hydrogens (primary N) is 1. The van der Waals surface area contributed by atoms with Crippen LogP contribution in [0.5, 0.6) is 0 Å². The Morgan fingerprint density at radius 1 is 1.15 bits per heavy atom. The van der Waals surface area contributed by atoms with Crippen molar-refractivity contribution in [1.82, 2.24) is 9.88 Å². The number of anilines is 2. The molecular formula is C31H35ClFN5O3. The predicted octanol–water partition coefficient (Wildman–Crippen LogP) is 5.92. The van der Waals surface area contributed by atoms with E-state index in [9.17, 15) is 9.59 Å². The minimum atomic E-state index is -0.949. The van der Waals surface area contributed by atoms with Crippen LogP contribution in [0.15, 0.2) is 66.9 Å². The predicted molar refractivity (Wildman–Crippen MR) is 157 cm³/mol. The number of pyridine rings is 1.